The van der Waals surface area contributed by atoms with E-state index in [4.69, 9.17) is 48.6 Å². The summed E-state index contributed by atoms with van der Waals surface area (Å²) in [6.45, 7) is 0.402. The molecule has 0 aliphatic rings. The van der Waals surface area contributed by atoms with Crippen LogP contribution >= 0.6 is 23.2 Å². The van der Waals surface area contributed by atoms with Gasteiger partial charge in [-0.1, -0.05) is 65.5 Å². The minimum atomic E-state index is 0.194. The molecule has 0 atom stereocenters. The highest BCUT2D eigenvalue weighted by molar-refractivity contribution is 6.36. The molecule has 0 radical (unpaired) electrons. The average molecular weight is 443 g/mol. The van der Waals surface area contributed by atoms with Crippen molar-refractivity contribution in [2.75, 3.05) is 14.2 Å². The molecule has 0 aromatic heterocycles. The lowest BCUT2D eigenvalue weighted by atomic mass is 10.2. The molecular weight excluding hydrogens is 423 g/mol. The normalized spacial score (nSPS) is 10.2. The third-order valence-electron chi connectivity index (χ3n) is 4.41. The summed E-state index contributed by atoms with van der Waals surface area (Å²) in [5.41, 5.74) is 2.11. The maximum atomic E-state index is 6.50. The van der Waals surface area contributed by atoms with Crippen LogP contribution in [0.4, 0.5) is 0 Å². The standard InChI is InChI=1S/C24H20Cl2O4/c1-4-16-13-19(25)23(29-14-17-9-5-7-11-20(17)27-2)24(22(16)26)30-15-18-10-6-8-12-21(18)28-3/h1,5-13H,14-15H2,2-3H3. The molecule has 3 aromatic rings. The minimum absolute atomic E-state index is 0.194. The highest BCUT2D eigenvalue weighted by atomic mass is 35.5. The van der Waals surface area contributed by atoms with E-state index in [1.807, 2.05) is 48.5 Å². The predicted molar refractivity (Wildman–Crippen MR) is 119 cm³/mol. The Labute approximate surface area is 186 Å². The zero-order chi connectivity index (χ0) is 21.5. The van der Waals surface area contributed by atoms with Gasteiger partial charge in [-0.3, -0.25) is 0 Å². The van der Waals surface area contributed by atoms with Crippen LogP contribution in [0.3, 0.4) is 0 Å². The van der Waals surface area contributed by atoms with Crippen LogP contribution in [0.1, 0.15) is 16.7 Å². The number of benzene rings is 3. The molecule has 0 unspecified atom stereocenters. The van der Waals surface area contributed by atoms with Crippen molar-refractivity contribution < 1.29 is 18.9 Å². The van der Waals surface area contributed by atoms with Gasteiger partial charge in [-0.25, -0.2) is 0 Å². The number of hydrogen-bond donors (Lipinski definition) is 0. The van der Waals surface area contributed by atoms with E-state index in [1.54, 1.807) is 20.3 Å². The van der Waals surface area contributed by atoms with Gasteiger partial charge in [-0.05, 0) is 18.2 Å². The monoisotopic (exact) mass is 442 g/mol. The summed E-state index contributed by atoms with van der Waals surface area (Å²) in [7, 11) is 3.20. The number of halogens is 2. The second-order valence-corrected chi connectivity index (χ2v) is 7.01. The van der Waals surface area contributed by atoms with Gasteiger partial charge in [0.2, 0.25) is 0 Å². The fourth-order valence-corrected chi connectivity index (χ4v) is 3.40. The van der Waals surface area contributed by atoms with Gasteiger partial charge in [0.25, 0.3) is 0 Å². The van der Waals surface area contributed by atoms with Gasteiger partial charge in [0.1, 0.15) is 29.7 Å². The molecule has 154 valence electrons. The van der Waals surface area contributed by atoms with Crippen molar-refractivity contribution >= 4 is 23.2 Å². The van der Waals surface area contributed by atoms with Crippen LogP contribution in [0.2, 0.25) is 10.0 Å². The largest absolute Gasteiger partial charge is 0.496 e. The number of ether oxygens (including phenoxy) is 4. The van der Waals surface area contributed by atoms with Crippen molar-refractivity contribution in [3.05, 3.63) is 81.3 Å². The lowest BCUT2D eigenvalue weighted by Gasteiger charge is -2.18. The van der Waals surface area contributed by atoms with Crippen molar-refractivity contribution in [2.45, 2.75) is 13.2 Å². The first-order valence-corrected chi connectivity index (χ1v) is 9.82. The Morgan fingerprint density at radius 2 is 1.30 bits per heavy atom. The first kappa shape index (κ1) is 21.7. The summed E-state index contributed by atoms with van der Waals surface area (Å²) < 4.78 is 22.8. The molecule has 0 aliphatic heterocycles. The molecule has 0 bridgehead atoms. The first-order chi connectivity index (χ1) is 14.6. The Bertz CT molecular complexity index is 1070. The van der Waals surface area contributed by atoms with E-state index >= 15 is 0 Å². The topological polar surface area (TPSA) is 36.9 Å². The molecule has 30 heavy (non-hydrogen) atoms. The zero-order valence-electron chi connectivity index (χ0n) is 16.6. The van der Waals surface area contributed by atoms with Gasteiger partial charge in [-0.2, -0.15) is 0 Å². The van der Waals surface area contributed by atoms with Gasteiger partial charge < -0.3 is 18.9 Å². The van der Waals surface area contributed by atoms with Gasteiger partial charge in [0.05, 0.1) is 19.2 Å². The van der Waals surface area contributed by atoms with Crippen LogP contribution in [0.25, 0.3) is 0 Å². The van der Waals surface area contributed by atoms with E-state index in [-0.39, 0.29) is 24.0 Å². The Morgan fingerprint density at radius 1 is 0.800 bits per heavy atom. The minimum Gasteiger partial charge on any atom is -0.496 e. The number of methoxy groups -OCH3 is 2. The summed E-state index contributed by atoms with van der Waals surface area (Å²) in [4.78, 5) is 0. The van der Waals surface area contributed by atoms with Gasteiger partial charge >= 0.3 is 0 Å². The van der Waals surface area contributed by atoms with Gasteiger partial charge in [0.15, 0.2) is 11.5 Å². The molecule has 0 aliphatic carbocycles. The summed E-state index contributed by atoms with van der Waals surface area (Å²) in [6, 6.07) is 16.6. The van der Waals surface area contributed by atoms with Crippen LogP contribution in [0.5, 0.6) is 23.0 Å². The summed E-state index contributed by atoms with van der Waals surface area (Å²) in [5, 5.41) is 0.559. The fourth-order valence-electron chi connectivity index (χ4n) is 2.90. The van der Waals surface area contributed by atoms with Crippen molar-refractivity contribution in [2.24, 2.45) is 0 Å². The summed E-state index contributed by atoms with van der Waals surface area (Å²) in [5.74, 6) is 4.51. The molecule has 4 nitrogen and oxygen atoms in total. The Hall–Kier alpha value is -3.00. The van der Waals surface area contributed by atoms with E-state index in [0.29, 0.717) is 27.8 Å². The number of rotatable bonds is 8. The van der Waals surface area contributed by atoms with E-state index in [0.717, 1.165) is 11.1 Å². The molecule has 0 amide bonds. The van der Waals surface area contributed by atoms with E-state index < -0.39 is 0 Å². The van der Waals surface area contributed by atoms with E-state index in [2.05, 4.69) is 5.92 Å². The molecule has 0 saturated carbocycles. The SMILES string of the molecule is C#Cc1cc(Cl)c(OCc2ccccc2OC)c(OCc2ccccc2OC)c1Cl. The van der Waals surface area contributed by atoms with Crippen LogP contribution in [0, 0.1) is 12.3 Å². The highest BCUT2D eigenvalue weighted by Crippen LogP contribution is 2.44. The van der Waals surface area contributed by atoms with Crippen LogP contribution < -0.4 is 18.9 Å². The van der Waals surface area contributed by atoms with Gasteiger partial charge in [-0.15, -0.1) is 6.42 Å². The van der Waals surface area contributed by atoms with E-state index in [1.165, 1.54) is 0 Å². The molecule has 3 aromatic carbocycles. The van der Waals surface area contributed by atoms with Gasteiger partial charge in [0, 0.05) is 16.7 Å². The molecule has 3 rings (SSSR count). The van der Waals surface area contributed by atoms with E-state index in [9.17, 15) is 0 Å². The second-order valence-electron chi connectivity index (χ2n) is 6.22. The summed E-state index contributed by atoms with van der Waals surface area (Å²) >= 11 is 13.0. The molecule has 0 spiro atoms. The maximum Gasteiger partial charge on any atom is 0.183 e. The molecule has 6 heteroatoms. The lowest BCUT2D eigenvalue weighted by Crippen LogP contribution is -2.04. The number of para-hydroxylation sites is 2. The Kier molecular flexibility index (Phi) is 7.35. The third-order valence-corrected chi connectivity index (χ3v) is 5.07. The predicted octanol–water partition coefficient (Wildman–Crippen LogP) is 6.15. The molecular formula is C24H20Cl2O4. The Balaban J connectivity index is 1.92. The van der Waals surface area contributed by atoms with Crippen LogP contribution in [0.15, 0.2) is 54.6 Å². The van der Waals surface area contributed by atoms with Crippen LogP contribution in [-0.2, 0) is 13.2 Å². The average Bonchev–Trinajstić information content (AvgIpc) is 2.78. The van der Waals surface area contributed by atoms with Crippen molar-refractivity contribution in [1.82, 2.24) is 0 Å². The van der Waals surface area contributed by atoms with Crippen molar-refractivity contribution in [3.8, 4) is 35.3 Å². The lowest BCUT2D eigenvalue weighted by molar-refractivity contribution is 0.250. The molecule has 0 saturated heterocycles. The molecule has 0 N–H and O–H groups in total. The third kappa shape index (κ3) is 4.76. The highest BCUT2D eigenvalue weighted by Gasteiger charge is 2.20. The van der Waals surface area contributed by atoms with Crippen molar-refractivity contribution in [3.63, 3.8) is 0 Å². The smallest absolute Gasteiger partial charge is 0.183 e. The summed E-state index contributed by atoms with van der Waals surface area (Å²) in [6.07, 6.45) is 5.57. The quantitative estimate of drug-likeness (QED) is 0.392. The number of hydrogen-bond acceptors (Lipinski definition) is 4. The van der Waals surface area contributed by atoms with Crippen molar-refractivity contribution in [1.29, 1.82) is 0 Å². The Morgan fingerprint density at radius 3 is 1.80 bits per heavy atom. The molecule has 0 heterocycles. The fraction of sp³-hybridized carbons (Fsp3) is 0.167. The van der Waals surface area contributed by atoms with Crippen LogP contribution in [-0.4, -0.2) is 14.2 Å². The molecule has 0 fully saturated rings. The number of terminal acetylenes is 1. The first-order valence-electron chi connectivity index (χ1n) is 9.07. The second kappa shape index (κ2) is 10.2. The maximum absolute atomic E-state index is 6.50. The zero-order valence-corrected chi connectivity index (χ0v) is 18.1.